The minimum absolute atomic E-state index is 0.381. The first-order valence-electron chi connectivity index (χ1n) is 6.77. The molecule has 3 fully saturated rings. The van der Waals surface area contributed by atoms with Crippen molar-refractivity contribution < 1.29 is 0 Å². The van der Waals surface area contributed by atoms with Crippen LogP contribution in [0.5, 0.6) is 0 Å². The quantitative estimate of drug-likeness (QED) is 0.817. The molecule has 0 aliphatic heterocycles. The monoisotopic (exact) mass is 259 g/mol. The molecule has 0 radical (unpaired) electrons. The van der Waals surface area contributed by atoms with Crippen LogP contribution in [0.25, 0.3) is 0 Å². The highest BCUT2D eigenvalue weighted by atomic mass is 32.1. The first-order valence-corrected chi connectivity index (χ1v) is 7.18. The molecule has 1 aromatic heterocycles. The molecule has 4 unspecified atom stereocenters. The van der Waals surface area contributed by atoms with Crippen LogP contribution in [0, 0.1) is 23.7 Å². The van der Waals surface area contributed by atoms with Crippen LogP contribution in [0.4, 0.5) is 5.69 Å². The lowest BCUT2D eigenvalue weighted by Gasteiger charge is -2.13. The molecular formula is C14H17N3S. The predicted octanol–water partition coefficient (Wildman–Crippen LogP) is 2.17. The van der Waals surface area contributed by atoms with Crippen molar-refractivity contribution in [1.82, 2.24) is 4.98 Å². The third-order valence-electron chi connectivity index (χ3n) is 5.10. The van der Waals surface area contributed by atoms with Crippen molar-refractivity contribution in [2.24, 2.45) is 29.4 Å². The van der Waals surface area contributed by atoms with Gasteiger partial charge in [-0.05, 0) is 55.1 Å². The Hall–Kier alpha value is -1.16. The van der Waals surface area contributed by atoms with Gasteiger partial charge < -0.3 is 11.1 Å². The molecule has 94 valence electrons. The fourth-order valence-corrected chi connectivity index (χ4v) is 4.58. The smallest absolute Gasteiger partial charge is 0.124 e. The molecular weight excluding hydrogens is 242 g/mol. The van der Waals surface area contributed by atoms with Gasteiger partial charge in [0.1, 0.15) is 10.7 Å². The van der Waals surface area contributed by atoms with Gasteiger partial charge in [-0.2, -0.15) is 0 Å². The largest absolute Gasteiger partial charge is 0.388 e. The molecule has 2 bridgehead atoms. The molecule has 4 atom stereocenters. The van der Waals surface area contributed by atoms with Crippen molar-refractivity contribution in [2.75, 3.05) is 5.32 Å². The summed E-state index contributed by atoms with van der Waals surface area (Å²) in [6.07, 6.45) is 6.11. The molecule has 3 nitrogen and oxygen atoms in total. The van der Waals surface area contributed by atoms with Crippen molar-refractivity contribution in [2.45, 2.75) is 25.3 Å². The predicted molar refractivity (Wildman–Crippen MR) is 75.3 cm³/mol. The Bertz CT molecular complexity index is 500. The van der Waals surface area contributed by atoms with E-state index in [1.807, 2.05) is 12.1 Å². The SMILES string of the molecule is NC(=S)c1ncccc1NC1C2C3CCC(C3)C12. The average molecular weight is 259 g/mol. The Kier molecular flexibility index (Phi) is 2.19. The number of hydrogen-bond donors (Lipinski definition) is 2. The second-order valence-corrected chi connectivity index (χ2v) is 6.36. The maximum atomic E-state index is 5.72. The molecule has 3 aliphatic rings. The van der Waals surface area contributed by atoms with Crippen LogP contribution in [0.3, 0.4) is 0 Å². The van der Waals surface area contributed by atoms with E-state index in [1.54, 1.807) is 6.20 Å². The lowest BCUT2D eigenvalue weighted by molar-refractivity contribution is 0.456. The Balaban J connectivity index is 1.55. The van der Waals surface area contributed by atoms with Crippen molar-refractivity contribution in [3.05, 3.63) is 24.0 Å². The number of hydrogen-bond acceptors (Lipinski definition) is 3. The Labute approximate surface area is 112 Å². The molecule has 0 aromatic carbocycles. The van der Waals surface area contributed by atoms with Gasteiger partial charge in [0, 0.05) is 12.2 Å². The summed E-state index contributed by atoms with van der Waals surface area (Å²) in [5.74, 6) is 3.76. The van der Waals surface area contributed by atoms with Crippen molar-refractivity contribution >= 4 is 22.9 Å². The summed E-state index contributed by atoms with van der Waals surface area (Å²) in [5, 5.41) is 3.64. The minimum Gasteiger partial charge on any atom is -0.388 e. The van der Waals surface area contributed by atoms with Gasteiger partial charge in [0.25, 0.3) is 0 Å². The molecule has 18 heavy (non-hydrogen) atoms. The van der Waals surface area contributed by atoms with Gasteiger partial charge in [-0.1, -0.05) is 12.2 Å². The van der Waals surface area contributed by atoms with Gasteiger partial charge in [0.05, 0.1) is 5.69 Å². The van der Waals surface area contributed by atoms with Gasteiger partial charge in [-0.15, -0.1) is 0 Å². The van der Waals surface area contributed by atoms with Crippen LogP contribution in [-0.2, 0) is 0 Å². The number of nitrogens with two attached hydrogens (primary N) is 1. The summed E-state index contributed by atoms with van der Waals surface area (Å²) in [4.78, 5) is 4.66. The molecule has 4 rings (SSSR count). The first kappa shape index (κ1) is 10.7. The van der Waals surface area contributed by atoms with Gasteiger partial charge in [-0.25, -0.2) is 0 Å². The van der Waals surface area contributed by atoms with E-state index in [0.29, 0.717) is 11.0 Å². The van der Waals surface area contributed by atoms with Crippen LogP contribution >= 0.6 is 12.2 Å². The normalized spacial score (nSPS) is 39.4. The zero-order valence-electron chi connectivity index (χ0n) is 10.2. The highest BCUT2D eigenvalue weighted by Crippen LogP contribution is 2.66. The van der Waals surface area contributed by atoms with Crippen LogP contribution in [0.1, 0.15) is 25.0 Å². The summed E-state index contributed by atoms with van der Waals surface area (Å²) >= 11 is 5.06. The summed E-state index contributed by atoms with van der Waals surface area (Å²) in [5.41, 5.74) is 7.48. The van der Waals surface area contributed by atoms with Gasteiger partial charge in [0.15, 0.2) is 0 Å². The molecule has 0 saturated heterocycles. The van der Waals surface area contributed by atoms with Crippen LogP contribution in [0.2, 0.25) is 0 Å². The van der Waals surface area contributed by atoms with Crippen molar-refractivity contribution in [3.63, 3.8) is 0 Å². The zero-order chi connectivity index (χ0) is 12.3. The average Bonchev–Trinajstić information content (AvgIpc) is 2.78. The highest BCUT2D eigenvalue weighted by molar-refractivity contribution is 7.80. The van der Waals surface area contributed by atoms with Crippen molar-refractivity contribution in [1.29, 1.82) is 0 Å². The molecule has 1 aromatic rings. The lowest BCUT2D eigenvalue weighted by Crippen LogP contribution is -2.18. The Morgan fingerprint density at radius 3 is 2.72 bits per heavy atom. The Morgan fingerprint density at radius 1 is 1.33 bits per heavy atom. The number of nitrogens with one attached hydrogen (secondary N) is 1. The topological polar surface area (TPSA) is 50.9 Å². The zero-order valence-corrected chi connectivity index (χ0v) is 11.0. The highest BCUT2D eigenvalue weighted by Gasteiger charge is 2.65. The van der Waals surface area contributed by atoms with E-state index >= 15 is 0 Å². The first-order chi connectivity index (χ1) is 8.75. The summed E-state index contributed by atoms with van der Waals surface area (Å²) < 4.78 is 0. The van der Waals surface area contributed by atoms with E-state index < -0.39 is 0 Å². The second kappa shape index (κ2) is 3.67. The molecule has 3 saturated carbocycles. The van der Waals surface area contributed by atoms with E-state index in [-0.39, 0.29) is 0 Å². The standard InChI is InChI=1S/C14H17N3S/c15-14(18)12-9(2-1-5-16-12)17-13-10-7-3-4-8(6-7)11(10)13/h1-2,5,7-8,10-11,13,17H,3-4,6H2,(H2,15,18). The minimum atomic E-state index is 0.381. The second-order valence-electron chi connectivity index (χ2n) is 5.92. The number of nitrogens with zero attached hydrogens (tertiary/aromatic N) is 1. The summed E-state index contributed by atoms with van der Waals surface area (Å²) in [6, 6.07) is 4.63. The molecule has 3 aliphatic carbocycles. The molecule has 1 heterocycles. The fourth-order valence-electron chi connectivity index (χ4n) is 4.42. The molecule has 3 N–H and O–H groups in total. The van der Waals surface area contributed by atoms with Crippen LogP contribution in [-0.4, -0.2) is 16.0 Å². The van der Waals surface area contributed by atoms with E-state index in [0.717, 1.165) is 35.1 Å². The maximum absolute atomic E-state index is 5.72. The number of anilines is 1. The lowest BCUT2D eigenvalue weighted by atomic mass is 10.0. The molecule has 4 heteroatoms. The van der Waals surface area contributed by atoms with Crippen molar-refractivity contribution in [3.8, 4) is 0 Å². The third kappa shape index (κ3) is 1.41. The molecule has 0 amide bonds. The Morgan fingerprint density at radius 2 is 2.06 bits per heavy atom. The maximum Gasteiger partial charge on any atom is 0.124 e. The number of rotatable bonds is 3. The fraction of sp³-hybridized carbons (Fsp3) is 0.571. The summed E-state index contributed by atoms with van der Waals surface area (Å²) in [6.45, 7) is 0. The number of pyridine rings is 1. The number of fused-ring (bicyclic) bond motifs is 5. The van der Waals surface area contributed by atoms with Gasteiger partial charge in [0.2, 0.25) is 0 Å². The van der Waals surface area contributed by atoms with Crippen LogP contribution < -0.4 is 11.1 Å². The summed E-state index contributed by atoms with van der Waals surface area (Å²) in [7, 11) is 0. The van der Waals surface area contributed by atoms with Gasteiger partial charge in [-0.3, -0.25) is 4.98 Å². The van der Waals surface area contributed by atoms with Crippen LogP contribution in [0.15, 0.2) is 18.3 Å². The number of aromatic nitrogens is 1. The third-order valence-corrected chi connectivity index (χ3v) is 5.29. The van der Waals surface area contributed by atoms with E-state index in [4.69, 9.17) is 18.0 Å². The van der Waals surface area contributed by atoms with E-state index in [1.165, 1.54) is 19.3 Å². The number of thiocarbonyl (C=S) groups is 1. The van der Waals surface area contributed by atoms with E-state index in [2.05, 4.69) is 10.3 Å². The van der Waals surface area contributed by atoms with Gasteiger partial charge >= 0.3 is 0 Å². The molecule has 0 spiro atoms. The van der Waals surface area contributed by atoms with E-state index in [9.17, 15) is 0 Å².